The molecule has 0 spiro atoms. The van der Waals surface area contributed by atoms with E-state index < -0.39 is 11.3 Å². The highest BCUT2D eigenvalue weighted by atomic mass is 35.5. The number of nitrogens with one attached hydrogen (secondary N) is 1. The predicted octanol–water partition coefficient (Wildman–Crippen LogP) is -0.720. The Morgan fingerprint density at radius 3 is 2.13 bits per heavy atom. The van der Waals surface area contributed by atoms with Crippen LogP contribution in [0.25, 0.3) is 0 Å². The minimum absolute atomic E-state index is 0. The van der Waals surface area contributed by atoms with Gasteiger partial charge in [-0.15, -0.1) is 12.4 Å². The molecule has 2 fully saturated rings. The van der Waals surface area contributed by atoms with Crippen molar-refractivity contribution in [2.45, 2.75) is 37.8 Å². The summed E-state index contributed by atoms with van der Waals surface area (Å²) in [6.45, 7) is 0. The zero-order valence-electron chi connectivity index (χ0n) is 8.36. The van der Waals surface area contributed by atoms with Gasteiger partial charge in [-0.1, -0.05) is 6.42 Å². The van der Waals surface area contributed by atoms with Crippen LogP contribution < -0.4 is 16.8 Å². The molecule has 0 saturated heterocycles. The fourth-order valence-corrected chi connectivity index (χ4v) is 1.80. The van der Waals surface area contributed by atoms with Gasteiger partial charge in [0.05, 0.1) is 0 Å². The van der Waals surface area contributed by atoms with E-state index in [2.05, 4.69) is 5.32 Å². The number of hydrogen-bond acceptors (Lipinski definition) is 3. The van der Waals surface area contributed by atoms with Crippen molar-refractivity contribution in [3.8, 4) is 0 Å². The molecule has 6 heteroatoms. The summed E-state index contributed by atoms with van der Waals surface area (Å²) in [7, 11) is 0. The highest BCUT2D eigenvalue weighted by Gasteiger charge is 2.51. The van der Waals surface area contributed by atoms with Crippen LogP contribution in [0.1, 0.15) is 25.7 Å². The molecule has 2 saturated carbocycles. The van der Waals surface area contributed by atoms with E-state index in [-0.39, 0.29) is 30.4 Å². The number of carbonyl (C=O) groups is 2. The first kappa shape index (κ1) is 12.3. The molecule has 0 aliphatic heterocycles. The Balaban J connectivity index is 0.00000112. The van der Waals surface area contributed by atoms with E-state index in [0.29, 0.717) is 12.8 Å². The highest BCUT2D eigenvalue weighted by molar-refractivity contribution is 6.05. The molecule has 15 heavy (non-hydrogen) atoms. The number of carbonyl (C=O) groups excluding carboxylic acids is 2. The minimum atomic E-state index is -0.928. The van der Waals surface area contributed by atoms with Gasteiger partial charge in [0, 0.05) is 12.1 Å². The van der Waals surface area contributed by atoms with Crippen molar-refractivity contribution in [3.05, 3.63) is 0 Å². The number of halogens is 1. The van der Waals surface area contributed by atoms with E-state index in [9.17, 15) is 9.59 Å². The maximum atomic E-state index is 11.7. The Morgan fingerprint density at radius 1 is 1.33 bits per heavy atom. The molecule has 2 aliphatic carbocycles. The van der Waals surface area contributed by atoms with E-state index in [1.807, 2.05) is 0 Å². The van der Waals surface area contributed by atoms with E-state index in [1.165, 1.54) is 0 Å². The summed E-state index contributed by atoms with van der Waals surface area (Å²) in [5, 5.41) is 2.76. The van der Waals surface area contributed by atoms with E-state index in [1.54, 1.807) is 0 Å². The Hall–Kier alpha value is -0.810. The second-order valence-corrected chi connectivity index (χ2v) is 4.28. The molecule has 0 bridgehead atoms. The third kappa shape index (κ3) is 1.94. The summed E-state index contributed by atoms with van der Waals surface area (Å²) >= 11 is 0. The van der Waals surface area contributed by atoms with E-state index in [0.717, 1.165) is 12.8 Å². The number of primary amides is 1. The van der Waals surface area contributed by atoms with Crippen LogP contribution in [-0.2, 0) is 9.59 Å². The van der Waals surface area contributed by atoms with Crippen molar-refractivity contribution in [3.63, 3.8) is 0 Å². The summed E-state index contributed by atoms with van der Waals surface area (Å²) in [5.41, 5.74) is 9.87. The van der Waals surface area contributed by atoms with E-state index >= 15 is 0 Å². The molecule has 5 N–H and O–H groups in total. The van der Waals surface area contributed by atoms with Crippen LogP contribution in [0.2, 0.25) is 0 Å². The van der Waals surface area contributed by atoms with Gasteiger partial charge in [0.2, 0.25) is 11.8 Å². The fourth-order valence-electron chi connectivity index (χ4n) is 1.80. The number of hydrogen-bond donors (Lipinski definition) is 3. The van der Waals surface area contributed by atoms with Crippen molar-refractivity contribution < 1.29 is 9.59 Å². The van der Waals surface area contributed by atoms with Crippen LogP contribution in [0.3, 0.4) is 0 Å². The summed E-state index contributed by atoms with van der Waals surface area (Å²) < 4.78 is 0. The maximum Gasteiger partial charge on any atom is 0.235 e. The first-order valence-corrected chi connectivity index (χ1v) is 4.93. The number of nitrogens with two attached hydrogens (primary N) is 2. The molecule has 0 aromatic heterocycles. The van der Waals surface area contributed by atoms with Crippen LogP contribution in [0.5, 0.6) is 0 Å². The first-order valence-electron chi connectivity index (χ1n) is 4.93. The molecule has 0 aromatic rings. The Bertz CT molecular complexity index is 291. The van der Waals surface area contributed by atoms with Crippen LogP contribution >= 0.6 is 12.4 Å². The maximum absolute atomic E-state index is 11.7. The summed E-state index contributed by atoms with van der Waals surface area (Å²) in [4.78, 5) is 22.9. The summed E-state index contributed by atoms with van der Waals surface area (Å²) in [6.07, 6.45) is 2.86. The summed E-state index contributed by atoms with van der Waals surface area (Å²) in [5.74, 6) is -0.732. The number of amides is 2. The van der Waals surface area contributed by atoms with Crippen LogP contribution in [0.4, 0.5) is 0 Å². The topological polar surface area (TPSA) is 98.2 Å². The molecule has 2 amide bonds. The van der Waals surface area contributed by atoms with Gasteiger partial charge in [0.1, 0.15) is 5.41 Å². The van der Waals surface area contributed by atoms with Gasteiger partial charge in [-0.3, -0.25) is 9.59 Å². The average Bonchev–Trinajstić information content (AvgIpc) is 2.61. The molecule has 5 nitrogen and oxygen atoms in total. The molecule has 0 heterocycles. The lowest BCUT2D eigenvalue weighted by Gasteiger charge is -2.36. The molecule has 2 unspecified atom stereocenters. The van der Waals surface area contributed by atoms with Crippen molar-refractivity contribution in [1.82, 2.24) is 5.32 Å². The third-order valence-corrected chi connectivity index (χ3v) is 3.27. The van der Waals surface area contributed by atoms with Crippen molar-refractivity contribution in [2.24, 2.45) is 16.9 Å². The quantitative estimate of drug-likeness (QED) is 0.561. The lowest BCUT2D eigenvalue weighted by molar-refractivity contribution is -0.147. The smallest absolute Gasteiger partial charge is 0.235 e. The monoisotopic (exact) mass is 233 g/mol. The summed E-state index contributed by atoms with van der Waals surface area (Å²) in [6, 6.07) is 0.114. The zero-order chi connectivity index (χ0) is 10.3. The lowest BCUT2D eigenvalue weighted by atomic mass is 9.67. The predicted molar refractivity (Wildman–Crippen MR) is 57.2 cm³/mol. The van der Waals surface area contributed by atoms with Gasteiger partial charge in [-0.25, -0.2) is 0 Å². The molecule has 0 aromatic carbocycles. The van der Waals surface area contributed by atoms with Gasteiger partial charge < -0.3 is 16.8 Å². The molecule has 0 radical (unpaired) electrons. The Morgan fingerprint density at radius 2 is 1.87 bits per heavy atom. The average molecular weight is 234 g/mol. The normalized spacial score (nSPS) is 30.7. The Labute approximate surface area is 94.4 Å². The van der Waals surface area contributed by atoms with Crippen molar-refractivity contribution in [2.75, 3.05) is 0 Å². The van der Waals surface area contributed by atoms with Crippen LogP contribution in [0.15, 0.2) is 0 Å². The van der Waals surface area contributed by atoms with Crippen LogP contribution in [-0.4, -0.2) is 23.9 Å². The molecule has 2 atom stereocenters. The molecule has 2 aliphatic rings. The van der Waals surface area contributed by atoms with Gasteiger partial charge in [0.15, 0.2) is 0 Å². The van der Waals surface area contributed by atoms with Gasteiger partial charge in [0.25, 0.3) is 0 Å². The second-order valence-electron chi connectivity index (χ2n) is 4.28. The van der Waals surface area contributed by atoms with Crippen molar-refractivity contribution in [1.29, 1.82) is 0 Å². The highest BCUT2D eigenvalue weighted by Crippen LogP contribution is 2.41. The molecular weight excluding hydrogens is 218 g/mol. The zero-order valence-corrected chi connectivity index (χ0v) is 9.18. The van der Waals surface area contributed by atoms with Gasteiger partial charge in [-0.2, -0.15) is 0 Å². The van der Waals surface area contributed by atoms with Gasteiger partial charge in [-0.05, 0) is 19.3 Å². The SMILES string of the molecule is Cl.NC(=O)C1(C(=O)NC2CC2N)CCC1. The van der Waals surface area contributed by atoms with Crippen LogP contribution in [0, 0.1) is 5.41 Å². The lowest BCUT2D eigenvalue weighted by Crippen LogP contribution is -2.54. The second kappa shape index (κ2) is 3.98. The third-order valence-electron chi connectivity index (χ3n) is 3.27. The number of rotatable bonds is 3. The molecule has 2 rings (SSSR count). The minimum Gasteiger partial charge on any atom is -0.369 e. The fraction of sp³-hybridized carbons (Fsp3) is 0.778. The van der Waals surface area contributed by atoms with E-state index in [4.69, 9.17) is 11.5 Å². The van der Waals surface area contributed by atoms with Gasteiger partial charge >= 0.3 is 0 Å². The largest absolute Gasteiger partial charge is 0.369 e. The standard InChI is InChI=1S/C9H15N3O2.ClH/c10-5-4-6(5)12-8(14)9(7(11)13)2-1-3-9;/h5-6H,1-4,10H2,(H2,11,13)(H,12,14);1H. The Kier molecular flexibility index (Phi) is 3.25. The molecular formula is C9H16ClN3O2. The van der Waals surface area contributed by atoms with Crippen molar-refractivity contribution >= 4 is 24.2 Å². The first-order chi connectivity index (χ1) is 6.56. The molecule has 86 valence electrons.